The van der Waals surface area contributed by atoms with Gasteiger partial charge in [-0.05, 0) is 6.07 Å². The molecule has 2 heteroatoms. The molecule has 0 spiro atoms. The van der Waals surface area contributed by atoms with Crippen LogP contribution in [0.4, 0.5) is 0 Å². The van der Waals surface area contributed by atoms with Gasteiger partial charge < -0.3 is 0 Å². The number of hydrogen-bond donors (Lipinski definition) is 0. The van der Waals surface area contributed by atoms with Crippen LogP contribution < -0.4 is 0 Å². The second-order valence-corrected chi connectivity index (χ2v) is 3.86. The molecule has 0 bridgehead atoms. The lowest BCUT2D eigenvalue weighted by molar-refractivity contribution is 0.1000. The second kappa shape index (κ2) is 3.65. The summed E-state index contributed by atoms with van der Waals surface area (Å²) in [5.74, 6) is 2.41. The van der Waals surface area contributed by atoms with E-state index in [2.05, 4.69) is 5.92 Å². The van der Waals surface area contributed by atoms with Crippen molar-refractivity contribution in [3.8, 4) is 12.3 Å². The summed E-state index contributed by atoms with van der Waals surface area (Å²) in [5, 5.41) is 2.89. The van der Waals surface area contributed by atoms with Gasteiger partial charge in [-0.1, -0.05) is 24.1 Å². The van der Waals surface area contributed by atoms with Gasteiger partial charge in [-0.2, -0.15) is 0 Å². The van der Waals surface area contributed by atoms with Crippen molar-refractivity contribution in [2.75, 3.05) is 0 Å². The highest BCUT2D eigenvalue weighted by molar-refractivity contribution is 7.17. The van der Waals surface area contributed by atoms with E-state index >= 15 is 0 Å². The molecule has 14 heavy (non-hydrogen) atoms. The highest BCUT2D eigenvalue weighted by Gasteiger charge is 2.09. The first-order valence-corrected chi connectivity index (χ1v) is 5.14. The van der Waals surface area contributed by atoms with Crippen molar-refractivity contribution >= 4 is 27.2 Å². The van der Waals surface area contributed by atoms with Gasteiger partial charge in [-0.15, -0.1) is 17.8 Å². The summed E-state index contributed by atoms with van der Waals surface area (Å²) in [5.41, 5.74) is 0.753. The average Bonchev–Trinajstić information content (AvgIpc) is 2.61. The van der Waals surface area contributed by atoms with Crippen molar-refractivity contribution < 1.29 is 4.79 Å². The molecular weight excluding hydrogens is 192 g/mol. The molecule has 0 saturated heterocycles. The normalized spacial score (nSPS) is 9.93. The molecule has 0 aliphatic carbocycles. The number of terminal acetylenes is 1. The minimum absolute atomic E-state index is 0.0324. The standard InChI is InChI=1S/C12H8OS/c1-2-5-11(13)10-8-14-12-7-4-3-6-9(10)12/h1,3-4,6-8H,5H2. The van der Waals surface area contributed by atoms with Gasteiger partial charge in [-0.3, -0.25) is 4.79 Å². The van der Waals surface area contributed by atoms with Crippen LogP contribution in [0.1, 0.15) is 16.8 Å². The zero-order valence-electron chi connectivity index (χ0n) is 7.49. The van der Waals surface area contributed by atoms with Crippen molar-refractivity contribution in [2.24, 2.45) is 0 Å². The smallest absolute Gasteiger partial charge is 0.176 e. The number of fused-ring (bicyclic) bond motifs is 1. The van der Waals surface area contributed by atoms with Crippen LogP contribution >= 0.6 is 11.3 Å². The van der Waals surface area contributed by atoms with E-state index in [1.54, 1.807) is 11.3 Å². The Labute approximate surface area is 86.4 Å². The van der Waals surface area contributed by atoms with Gasteiger partial charge in [0.1, 0.15) is 0 Å². The zero-order valence-corrected chi connectivity index (χ0v) is 8.30. The Hall–Kier alpha value is -1.59. The van der Waals surface area contributed by atoms with Crippen molar-refractivity contribution in [3.05, 3.63) is 35.2 Å². The van der Waals surface area contributed by atoms with E-state index < -0.39 is 0 Å². The van der Waals surface area contributed by atoms with Gasteiger partial charge in [0.25, 0.3) is 0 Å². The number of carbonyl (C=O) groups excluding carboxylic acids is 1. The summed E-state index contributed by atoms with van der Waals surface area (Å²) in [6, 6.07) is 7.86. The van der Waals surface area contributed by atoms with Gasteiger partial charge in [0.15, 0.2) is 5.78 Å². The van der Waals surface area contributed by atoms with Crippen molar-refractivity contribution in [2.45, 2.75) is 6.42 Å². The van der Waals surface area contributed by atoms with Crippen LogP contribution in [0, 0.1) is 12.3 Å². The molecule has 2 aromatic rings. The molecule has 0 aliphatic heterocycles. The summed E-state index contributed by atoms with van der Waals surface area (Å²) >= 11 is 1.58. The van der Waals surface area contributed by atoms with Crippen LogP contribution in [0.3, 0.4) is 0 Å². The number of rotatable bonds is 2. The maximum atomic E-state index is 11.6. The molecule has 0 amide bonds. The maximum Gasteiger partial charge on any atom is 0.176 e. The van der Waals surface area contributed by atoms with Crippen LogP contribution in [-0.4, -0.2) is 5.78 Å². The fourth-order valence-corrected chi connectivity index (χ4v) is 2.35. The third-order valence-corrected chi connectivity index (χ3v) is 3.01. The monoisotopic (exact) mass is 200 g/mol. The predicted octanol–water partition coefficient (Wildman–Crippen LogP) is 3.11. The largest absolute Gasteiger partial charge is 0.293 e. The first-order chi connectivity index (χ1) is 6.83. The van der Waals surface area contributed by atoms with Crippen LogP contribution in [0.5, 0.6) is 0 Å². The van der Waals surface area contributed by atoms with Crippen LogP contribution in [0.15, 0.2) is 29.6 Å². The Bertz CT molecular complexity index is 516. The second-order valence-electron chi connectivity index (χ2n) is 2.95. The molecule has 0 saturated carbocycles. The van der Waals surface area contributed by atoms with E-state index in [1.165, 1.54) is 0 Å². The molecule has 1 aromatic heterocycles. The zero-order chi connectivity index (χ0) is 9.97. The molecule has 0 radical (unpaired) electrons. The fraction of sp³-hybridized carbons (Fsp3) is 0.0833. The molecule has 0 atom stereocenters. The molecular formula is C12H8OS. The summed E-state index contributed by atoms with van der Waals surface area (Å²) in [6.07, 6.45) is 5.29. The van der Waals surface area contributed by atoms with E-state index in [9.17, 15) is 4.79 Å². The van der Waals surface area contributed by atoms with E-state index in [4.69, 9.17) is 6.42 Å². The quantitative estimate of drug-likeness (QED) is 0.537. The first-order valence-electron chi connectivity index (χ1n) is 4.26. The number of ketones is 1. The van der Waals surface area contributed by atoms with E-state index in [0.29, 0.717) is 0 Å². The maximum absolute atomic E-state index is 11.6. The Kier molecular flexibility index (Phi) is 2.34. The molecule has 0 unspecified atom stereocenters. The lowest BCUT2D eigenvalue weighted by Gasteiger charge is -1.93. The van der Waals surface area contributed by atoms with E-state index in [-0.39, 0.29) is 12.2 Å². The molecule has 2 rings (SSSR count). The summed E-state index contributed by atoms with van der Waals surface area (Å²) in [6.45, 7) is 0. The summed E-state index contributed by atoms with van der Waals surface area (Å²) in [7, 11) is 0. The number of carbonyl (C=O) groups is 1. The molecule has 68 valence electrons. The summed E-state index contributed by atoms with van der Waals surface area (Å²) < 4.78 is 1.13. The molecule has 0 N–H and O–H groups in total. The van der Waals surface area contributed by atoms with Gasteiger partial charge in [0.2, 0.25) is 0 Å². The lowest BCUT2D eigenvalue weighted by Crippen LogP contribution is -1.94. The highest BCUT2D eigenvalue weighted by atomic mass is 32.1. The molecule has 1 heterocycles. The van der Waals surface area contributed by atoms with Gasteiger partial charge in [-0.25, -0.2) is 0 Å². The van der Waals surface area contributed by atoms with Crippen LogP contribution in [-0.2, 0) is 0 Å². The SMILES string of the molecule is C#CCC(=O)c1csc2ccccc12. The number of thiophene rings is 1. The minimum Gasteiger partial charge on any atom is -0.293 e. The van der Waals surface area contributed by atoms with Crippen molar-refractivity contribution in [1.82, 2.24) is 0 Å². The number of hydrogen-bond acceptors (Lipinski definition) is 2. The predicted molar refractivity (Wildman–Crippen MR) is 59.6 cm³/mol. The minimum atomic E-state index is 0.0324. The Morgan fingerprint density at radius 3 is 3.00 bits per heavy atom. The Balaban J connectivity index is 2.54. The molecule has 1 aromatic carbocycles. The van der Waals surface area contributed by atoms with E-state index in [1.807, 2.05) is 29.6 Å². The number of Topliss-reactive ketones (excluding diaryl/α,β-unsaturated/α-hetero) is 1. The van der Waals surface area contributed by atoms with Gasteiger partial charge in [0.05, 0.1) is 6.42 Å². The van der Waals surface area contributed by atoms with Crippen LogP contribution in [0.25, 0.3) is 10.1 Å². The van der Waals surface area contributed by atoms with Crippen molar-refractivity contribution in [1.29, 1.82) is 0 Å². The fourth-order valence-electron chi connectivity index (χ4n) is 1.38. The van der Waals surface area contributed by atoms with E-state index in [0.717, 1.165) is 15.6 Å². The first kappa shape index (κ1) is 8.98. The lowest BCUT2D eigenvalue weighted by atomic mass is 10.1. The highest BCUT2D eigenvalue weighted by Crippen LogP contribution is 2.26. The Morgan fingerprint density at radius 2 is 2.21 bits per heavy atom. The number of benzene rings is 1. The Morgan fingerprint density at radius 1 is 1.43 bits per heavy atom. The third kappa shape index (κ3) is 1.43. The molecule has 0 aliphatic rings. The van der Waals surface area contributed by atoms with Gasteiger partial charge in [0, 0.05) is 21.0 Å². The van der Waals surface area contributed by atoms with Crippen molar-refractivity contribution in [3.63, 3.8) is 0 Å². The van der Waals surface area contributed by atoms with Crippen LogP contribution in [0.2, 0.25) is 0 Å². The summed E-state index contributed by atoms with van der Waals surface area (Å²) in [4.78, 5) is 11.6. The third-order valence-electron chi connectivity index (χ3n) is 2.04. The topological polar surface area (TPSA) is 17.1 Å². The van der Waals surface area contributed by atoms with Gasteiger partial charge >= 0.3 is 0 Å². The average molecular weight is 200 g/mol. The molecule has 1 nitrogen and oxygen atoms in total. The molecule has 0 fully saturated rings.